The minimum Gasteiger partial charge on any atom is -0.497 e. The molecule has 0 saturated carbocycles. The quantitative estimate of drug-likeness (QED) is 0.255. The van der Waals surface area contributed by atoms with Crippen molar-refractivity contribution in [2.75, 3.05) is 24.4 Å². The van der Waals surface area contributed by atoms with Gasteiger partial charge in [-0.15, -0.1) is 0 Å². The molecule has 0 bridgehead atoms. The van der Waals surface area contributed by atoms with Gasteiger partial charge in [-0.2, -0.15) is 4.98 Å². The van der Waals surface area contributed by atoms with Gasteiger partial charge in [0, 0.05) is 24.5 Å². The van der Waals surface area contributed by atoms with Crippen LogP contribution in [0.1, 0.15) is 11.3 Å². The minimum absolute atomic E-state index is 0.171. The molecule has 0 spiro atoms. The molecule has 34 heavy (non-hydrogen) atoms. The number of nitro groups is 1. The van der Waals surface area contributed by atoms with Crippen LogP contribution in [-0.4, -0.2) is 29.0 Å². The van der Waals surface area contributed by atoms with E-state index in [0.29, 0.717) is 11.4 Å². The lowest BCUT2D eigenvalue weighted by atomic mass is 10.2. The van der Waals surface area contributed by atoms with E-state index in [1.165, 1.54) is 0 Å². The fourth-order valence-electron chi connectivity index (χ4n) is 3.38. The summed E-state index contributed by atoms with van der Waals surface area (Å²) in [6.45, 7) is 0. The lowest BCUT2D eigenvalue weighted by Gasteiger charge is -2.19. The maximum Gasteiger partial charge on any atom is 0.337 e. The molecule has 0 aliphatic heterocycles. The van der Waals surface area contributed by atoms with Gasteiger partial charge in [0.1, 0.15) is 11.4 Å². The summed E-state index contributed by atoms with van der Waals surface area (Å²) in [5, 5.41) is 15.3. The highest BCUT2D eigenvalue weighted by atomic mass is 16.6. The smallest absolute Gasteiger partial charge is 0.337 e. The molecule has 0 unspecified atom stereocenters. The van der Waals surface area contributed by atoms with Crippen molar-refractivity contribution in [1.82, 2.24) is 9.97 Å². The Morgan fingerprint density at radius 3 is 2.32 bits per heavy atom. The van der Waals surface area contributed by atoms with Crippen LogP contribution in [0.15, 0.2) is 84.9 Å². The zero-order chi connectivity index (χ0) is 23.9. The highest BCUT2D eigenvalue weighted by molar-refractivity contribution is 5.80. The normalized spacial score (nSPS) is 10.8. The van der Waals surface area contributed by atoms with Crippen LogP contribution in [0.2, 0.25) is 0 Å². The molecular formula is C26H23N5O3. The lowest BCUT2D eigenvalue weighted by Crippen LogP contribution is -2.16. The van der Waals surface area contributed by atoms with Crippen LogP contribution in [-0.2, 0) is 0 Å². The van der Waals surface area contributed by atoms with Crippen molar-refractivity contribution in [1.29, 1.82) is 0 Å². The maximum absolute atomic E-state index is 12.2. The predicted octanol–water partition coefficient (Wildman–Crippen LogP) is 6.08. The Morgan fingerprint density at radius 2 is 1.65 bits per heavy atom. The standard InChI is InChI=1S/C26H23N5O3/c1-30(21-13-7-4-8-14-21)25-24(31(32)33)23(17-16-19-10-5-3-6-11-19)28-26(29-25)27-20-12-9-15-22(18-20)34-2/h3-18H,1-2H3,(H,27,28,29)/b17-16+. The van der Waals surface area contributed by atoms with Crippen LogP contribution in [0.5, 0.6) is 5.75 Å². The summed E-state index contributed by atoms with van der Waals surface area (Å²) in [7, 11) is 3.32. The zero-order valence-electron chi connectivity index (χ0n) is 18.8. The zero-order valence-corrected chi connectivity index (χ0v) is 18.8. The van der Waals surface area contributed by atoms with E-state index in [2.05, 4.69) is 15.3 Å². The first kappa shape index (κ1) is 22.5. The molecule has 8 nitrogen and oxygen atoms in total. The Balaban J connectivity index is 1.84. The second-order valence-electron chi connectivity index (χ2n) is 7.36. The van der Waals surface area contributed by atoms with Gasteiger partial charge in [-0.3, -0.25) is 10.1 Å². The number of ether oxygens (including phenoxy) is 1. The van der Waals surface area contributed by atoms with E-state index in [4.69, 9.17) is 4.74 Å². The Bertz CT molecular complexity index is 1310. The molecule has 3 aromatic carbocycles. The van der Waals surface area contributed by atoms with Gasteiger partial charge in [0.25, 0.3) is 0 Å². The predicted molar refractivity (Wildman–Crippen MR) is 135 cm³/mol. The molecule has 0 aliphatic carbocycles. The van der Waals surface area contributed by atoms with E-state index in [1.54, 1.807) is 37.3 Å². The molecular weight excluding hydrogens is 430 g/mol. The Morgan fingerprint density at radius 1 is 0.941 bits per heavy atom. The minimum atomic E-state index is -0.450. The van der Waals surface area contributed by atoms with E-state index >= 15 is 0 Å². The number of hydrogen-bond donors (Lipinski definition) is 1. The van der Waals surface area contributed by atoms with E-state index < -0.39 is 4.92 Å². The highest BCUT2D eigenvalue weighted by Crippen LogP contribution is 2.35. The van der Waals surface area contributed by atoms with Gasteiger partial charge in [0.15, 0.2) is 0 Å². The van der Waals surface area contributed by atoms with Crippen molar-refractivity contribution in [3.05, 3.63) is 106 Å². The molecule has 4 rings (SSSR count). The maximum atomic E-state index is 12.2. The Hall–Kier alpha value is -4.72. The highest BCUT2D eigenvalue weighted by Gasteiger charge is 2.27. The molecule has 0 atom stereocenters. The first-order valence-electron chi connectivity index (χ1n) is 10.5. The van der Waals surface area contributed by atoms with Gasteiger partial charge in [-0.05, 0) is 35.9 Å². The summed E-state index contributed by atoms with van der Waals surface area (Å²) < 4.78 is 5.28. The summed E-state index contributed by atoms with van der Waals surface area (Å²) >= 11 is 0. The van der Waals surface area contributed by atoms with Gasteiger partial charge < -0.3 is 15.0 Å². The molecule has 1 N–H and O–H groups in total. The van der Waals surface area contributed by atoms with Crippen LogP contribution in [0.4, 0.5) is 28.8 Å². The summed E-state index contributed by atoms with van der Waals surface area (Å²) in [6.07, 6.45) is 3.42. The van der Waals surface area contributed by atoms with Gasteiger partial charge in [-0.1, -0.05) is 60.7 Å². The monoisotopic (exact) mass is 453 g/mol. The SMILES string of the molecule is COc1cccc(Nc2nc(/C=C/c3ccccc3)c([N+](=O)[O-])c(N(C)c3ccccc3)n2)c1. The fourth-order valence-corrected chi connectivity index (χ4v) is 3.38. The molecule has 170 valence electrons. The van der Waals surface area contributed by atoms with Crippen molar-refractivity contribution in [2.24, 2.45) is 0 Å². The largest absolute Gasteiger partial charge is 0.497 e. The molecule has 0 saturated heterocycles. The first-order valence-corrected chi connectivity index (χ1v) is 10.5. The second kappa shape index (κ2) is 10.3. The number of methoxy groups -OCH3 is 1. The van der Waals surface area contributed by atoms with Crippen LogP contribution >= 0.6 is 0 Å². The van der Waals surface area contributed by atoms with E-state index in [0.717, 1.165) is 11.3 Å². The number of hydrogen-bond acceptors (Lipinski definition) is 7. The molecule has 8 heteroatoms. The average molecular weight is 454 g/mol. The number of aromatic nitrogens is 2. The second-order valence-corrected chi connectivity index (χ2v) is 7.36. The van der Waals surface area contributed by atoms with Crippen molar-refractivity contribution < 1.29 is 9.66 Å². The number of para-hydroxylation sites is 1. The Labute approximate surface area is 197 Å². The lowest BCUT2D eigenvalue weighted by molar-refractivity contribution is -0.384. The average Bonchev–Trinajstić information content (AvgIpc) is 2.87. The molecule has 1 heterocycles. The van der Waals surface area contributed by atoms with Crippen LogP contribution in [0, 0.1) is 10.1 Å². The van der Waals surface area contributed by atoms with Crippen molar-refractivity contribution in [3.63, 3.8) is 0 Å². The molecule has 0 radical (unpaired) electrons. The number of anilines is 4. The molecule has 0 amide bonds. The summed E-state index contributed by atoms with van der Waals surface area (Å²) in [5.74, 6) is 1.06. The van der Waals surface area contributed by atoms with E-state index in [-0.39, 0.29) is 23.1 Å². The number of rotatable bonds is 8. The summed E-state index contributed by atoms with van der Waals surface area (Å²) in [4.78, 5) is 22.4. The number of benzene rings is 3. The van der Waals surface area contributed by atoms with Crippen LogP contribution < -0.4 is 15.0 Å². The third-order valence-corrected chi connectivity index (χ3v) is 5.10. The fraction of sp³-hybridized carbons (Fsp3) is 0.0769. The summed E-state index contributed by atoms with van der Waals surface area (Å²) in [6, 6.07) is 26.2. The van der Waals surface area contributed by atoms with Gasteiger partial charge >= 0.3 is 5.69 Å². The van der Waals surface area contributed by atoms with Crippen LogP contribution in [0.25, 0.3) is 12.2 Å². The first-order chi connectivity index (χ1) is 16.5. The van der Waals surface area contributed by atoms with Gasteiger partial charge in [0.2, 0.25) is 11.8 Å². The van der Waals surface area contributed by atoms with Crippen molar-refractivity contribution >= 4 is 41.0 Å². The number of nitrogens with zero attached hydrogens (tertiary/aromatic N) is 4. The van der Waals surface area contributed by atoms with Crippen molar-refractivity contribution in [2.45, 2.75) is 0 Å². The molecule has 1 aromatic heterocycles. The molecule has 0 fully saturated rings. The topological polar surface area (TPSA) is 93.4 Å². The van der Waals surface area contributed by atoms with Crippen LogP contribution in [0.3, 0.4) is 0 Å². The van der Waals surface area contributed by atoms with Crippen molar-refractivity contribution in [3.8, 4) is 5.75 Å². The molecule has 0 aliphatic rings. The summed E-state index contributed by atoms with van der Waals surface area (Å²) in [5.41, 5.74) is 2.35. The third kappa shape index (κ3) is 5.18. The van der Waals surface area contributed by atoms with E-state index in [1.807, 2.05) is 78.9 Å². The Kier molecular flexibility index (Phi) is 6.78. The molecule has 4 aromatic rings. The number of nitrogens with one attached hydrogen (secondary N) is 1. The third-order valence-electron chi connectivity index (χ3n) is 5.10. The van der Waals surface area contributed by atoms with Gasteiger partial charge in [0.05, 0.1) is 12.0 Å². The van der Waals surface area contributed by atoms with Gasteiger partial charge in [-0.25, -0.2) is 4.98 Å². The van der Waals surface area contributed by atoms with E-state index in [9.17, 15) is 10.1 Å².